The van der Waals surface area contributed by atoms with Crippen molar-refractivity contribution in [2.75, 3.05) is 0 Å². The third-order valence-electron chi connectivity index (χ3n) is 6.13. The first-order chi connectivity index (χ1) is 14.8. The van der Waals surface area contributed by atoms with Crippen LogP contribution < -0.4 is 6.15 Å². The number of hydrogen-bond donors (Lipinski definition) is 0. The molecule has 0 fully saturated rings. The van der Waals surface area contributed by atoms with E-state index in [9.17, 15) is 0 Å². The van der Waals surface area contributed by atoms with Crippen LogP contribution in [-0.2, 0) is 38.5 Å². The third kappa shape index (κ3) is 6.43. The second-order valence-corrected chi connectivity index (χ2v) is 18.0. The van der Waals surface area contributed by atoms with Crippen LogP contribution in [0.25, 0.3) is 0 Å². The summed E-state index contributed by atoms with van der Waals surface area (Å²) in [5.41, 5.74) is 8.69. The van der Waals surface area contributed by atoms with Gasteiger partial charge in [-0.2, -0.15) is 0 Å². The topological polar surface area (TPSA) is 18.5 Å². The SMILES string of the molecule is CCCc1ccc([O][Sn]([CH3])([CH3])[O]c2ccc(CCC)c(CC)c2CC)c(CC)c1CC. The molecule has 0 aliphatic rings. The Kier molecular flexibility index (Phi) is 10.3. The van der Waals surface area contributed by atoms with E-state index in [1.807, 2.05) is 0 Å². The van der Waals surface area contributed by atoms with Gasteiger partial charge in [0.2, 0.25) is 0 Å². The molecule has 0 heterocycles. The molecule has 0 aliphatic carbocycles. The maximum atomic E-state index is 6.74. The molecule has 0 amide bonds. The van der Waals surface area contributed by atoms with E-state index in [4.69, 9.17) is 6.15 Å². The summed E-state index contributed by atoms with van der Waals surface area (Å²) in [7, 11) is 0. The van der Waals surface area contributed by atoms with Gasteiger partial charge in [0.05, 0.1) is 0 Å². The van der Waals surface area contributed by atoms with Crippen molar-refractivity contribution in [2.24, 2.45) is 0 Å². The Labute approximate surface area is 196 Å². The molecule has 0 radical (unpaired) electrons. The van der Waals surface area contributed by atoms with Crippen LogP contribution in [0.5, 0.6) is 11.5 Å². The van der Waals surface area contributed by atoms with Gasteiger partial charge in [0.25, 0.3) is 0 Å². The fourth-order valence-corrected chi connectivity index (χ4v) is 9.08. The molecule has 0 bridgehead atoms. The van der Waals surface area contributed by atoms with Crippen molar-refractivity contribution < 1.29 is 6.15 Å². The van der Waals surface area contributed by atoms with Crippen molar-refractivity contribution in [3.05, 3.63) is 57.6 Å². The molecule has 2 aromatic rings. The molecule has 3 heteroatoms. The minimum atomic E-state index is -3.28. The summed E-state index contributed by atoms with van der Waals surface area (Å²) in [5, 5.41) is 0. The van der Waals surface area contributed by atoms with E-state index in [-0.39, 0.29) is 0 Å². The van der Waals surface area contributed by atoms with Gasteiger partial charge in [0, 0.05) is 0 Å². The maximum absolute atomic E-state index is 6.74. The van der Waals surface area contributed by atoms with Crippen LogP contribution >= 0.6 is 0 Å². The van der Waals surface area contributed by atoms with Gasteiger partial charge in [0.1, 0.15) is 0 Å². The molecular weight excluding hydrogens is 487 g/mol. The summed E-state index contributed by atoms with van der Waals surface area (Å²) in [6.07, 6.45) is 8.77. The molecule has 0 aliphatic heterocycles. The summed E-state index contributed by atoms with van der Waals surface area (Å²) in [6.45, 7) is 13.5. The second kappa shape index (κ2) is 12.2. The fourth-order valence-electron chi connectivity index (χ4n) is 4.84. The Morgan fingerprint density at radius 3 is 1.19 bits per heavy atom. The van der Waals surface area contributed by atoms with E-state index in [0.29, 0.717) is 0 Å². The average Bonchev–Trinajstić information content (AvgIpc) is 2.74. The van der Waals surface area contributed by atoms with Crippen molar-refractivity contribution in [3.63, 3.8) is 0 Å². The number of hydrogen-bond acceptors (Lipinski definition) is 2. The summed E-state index contributed by atoms with van der Waals surface area (Å²) in [4.78, 5) is 4.48. The van der Waals surface area contributed by atoms with Gasteiger partial charge in [-0.25, -0.2) is 0 Å². The second-order valence-electron chi connectivity index (χ2n) is 8.88. The Hall–Kier alpha value is -1.16. The van der Waals surface area contributed by atoms with Gasteiger partial charge >= 0.3 is 197 Å². The van der Waals surface area contributed by atoms with Crippen LogP contribution in [-0.4, -0.2) is 19.2 Å². The van der Waals surface area contributed by atoms with E-state index in [1.165, 1.54) is 46.2 Å². The standard InChI is InChI=1S/2C13H20O.2CH3.Sn/c2*1-4-7-10-8-9-13(14)12(6-3)11(10)5-2;;;/h2*8-9,14H,4-7H2,1-3H3;2*1H3;/q;;;;+2/p-2. The normalized spacial score (nSPS) is 11.6. The first-order valence-corrected chi connectivity index (χ1v) is 20.5. The molecule has 31 heavy (non-hydrogen) atoms. The number of rotatable bonds is 12. The monoisotopic (exact) mass is 532 g/mol. The summed E-state index contributed by atoms with van der Waals surface area (Å²) in [6, 6.07) is 8.97. The van der Waals surface area contributed by atoms with Crippen LogP contribution in [0.3, 0.4) is 0 Å². The van der Waals surface area contributed by atoms with Gasteiger partial charge in [-0.1, -0.05) is 0 Å². The summed E-state index contributed by atoms with van der Waals surface area (Å²) < 4.78 is 13.5. The third-order valence-corrected chi connectivity index (χ3v) is 10.2. The first-order valence-electron chi connectivity index (χ1n) is 12.5. The Bertz CT molecular complexity index is 785. The van der Waals surface area contributed by atoms with Crippen LogP contribution in [0.15, 0.2) is 24.3 Å². The van der Waals surface area contributed by atoms with E-state index < -0.39 is 19.2 Å². The van der Waals surface area contributed by atoms with E-state index in [1.54, 1.807) is 0 Å². The zero-order chi connectivity index (χ0) is 23.0. The van der Waals surface area contributed by atoms with Crippen molar-refractivity contribution >= 4 is 19.2 Å². The average molecular weight is 531 g/mol. The molecule has 0 N–H and O–H groups in total. The Morgan fingerprint density at radius 1 is 0.548 bits per heavy atom. The van der Waals surface area contributed by atoms with E-state index >= 15 is 0 Å². The van der Waals surface area contributed by atoms with Crippen LogP contribution in [0.2, 0.25) is 9.88 Å². The number of aryl methyl sites for hydroxylation is 2. The molecule has 172 valence electrons. The van der Waals surface area contributed by atoms with E-state index in [2.05, 4.69) is 75.7 Å². The molecule has 0 saturated carbocycles. The van der Waals surface area contributed by atoms with Gasteiger partial charge in [0.15, 0.2) is 0 Å². The molecule has 0 aromatic heterocycles. The predicted octanol–water partition coefficient (Wildman–Crippen LogP) is 8.00. The van der Waals surface area contributed by atoms with Crippen molar-refractivity contribution in [2.45, 2.75) is 103 Å². The van der Waals surface area contributed by atoms with Crippen LogP contribution in [0.4, 0.5) is 0 Å². The zero-order valence-corrected chi connectivity index (χ0v) is 24.1. The molecule has 0 unspecified atom stereocenters. The molecule has 0 spiro atoms. The van der Waals surface area contributed by atoms with Crippen LogP contribution in [0, 0.1) is 0 Å². The van der Waals surface area contributed by atoms with Gasteiger partial charge in [-0.15, -0.1) is 0 Å². The van der Waals surface area contributed by atoms with Crippen molar-refractivity contribution in [1.29, 1.82) is 0 Å². The molecule has 0 saturated heterocycles. The van der Waals surface area contributed by atoms with Gasteiger partial charge in [-0.3, -0.25) is 0 Å². The molecular formula is C28H44O2Sn. The summed E-state index contributed by atoms with van der Waals surface area (Å²) >= 11 is -3.28. The van der Waals surface area contributed by atoms with E-state index in [0.717, 1.165) is 50.0 Å². The molecule has 2 rings (SSSR count). The van der Waals surface area contributed by atoms with Crippen molar-refractivity contribution in [3.8, 4) is 11.5 Å². The minimum absolute atomic E-state index is 1.00. The molecule has 0 atom stereocenters. The molecule has 2 nitrogen and oxygen atoms in total. The number of benzene rings is 2. The Morgan fingerprint density at radius 2 is 0.903 bits per heavy atom. The summed E-state index contributed by atoms with van der Waals surface area (Å²) in [5.74, 6) is 2.10. The first kappa shape index (κ1) is 26.1. The van der Waals surface area contributed by atoms with Crippen molar-refractivity contribution in [1.82, 2.24) is 0 Å². The molecule has 2 aromatic carbocycles. The Balaban J connectivity index is 2.38. The fraction of sp³-hybridized carbons (Fsp3) is 0.571. The van der Waals surface area contributed by atoms with Gasteiger partial charge in [-0.05, 0) is 0 Å². The predicted molar refractivity (Wildman–Crippen MR) is 137 cm³/mol. The van der Waals surface area contributed by atoms with Gasteiger partial charge < -0.3 is 0 Å². The quantitative estimate of drug-likeness (QED) is 0.259. The van der Waals surface area contributed by atoms with Crippen LogP contribution in [0.1, 0.15) is 87.8 Å². The zero-order valence-electron chi connectivity index (χ0n) is 21.3.